The van der Waals surface area contributed by atoms with Crippen LogP contribution in [0.5, 0.6) is 11.5 Å². The lowest BCUT2D eigenvalue weighted by molar-refractivity contribution is -0.274. The second kappa shape index (κ2) is 5.97. The van der Waals surface area contributed by atoms with Crippen LogP contribution in [0.2, 0.25) is 0 Å². The first-order chi connectivity index (χ1) is 9.76. The Morgan fingerprint density at radius 1 is 1.19 bits per heavy atom. The van der Waals surface area contributed by atoms with Crippen LogP contribution < -0.4 is 9.47 Å². The molecule has 0 saturated carbocycles. The molecule has 114 valence electrons. The lowest BCUT2D eigenvalue weighted by atomic mass is 10.3. The molecule has 0 aliphatic heterocycles. The monoisotopic (exact) mass is 364 g/mol. The summed E-state index contributed by atoms with van der Waals surface area (Å²) in [5, 5.41) is 4.22. The first-order valence-electron chi connectivity index (χ1n) is 5.93. The van der Waals surface area contributed by atoms with Crippen molar-refractivity contribution in [1.82, 2.24) is 9.78 Å². The SMILES string of the molecule is Cc1nn(C)c(COc2ccc(OC(F)(F)F)cc2)c1Br. The number of alkyl halides is 3. The largest absolute Gasteiger partial charge is 0.573 e. The number of halogens is 4. The molecule has 21 heavy (non-hydrogen) atoms. The van der Waals surface area contributed by atoms with Gasteiger partial charge in [-0.2, -0.15) is 5.10 Å². The third-order valence-corrected chi connectivity index (χ3v) is 3.73. The molecule has 0 aliphatic rings. The number of ether oxygens (including phenoxy) is 2. The van der Waals surface area contributed by atoms with Crippen LogP contribution in [0.25, 0.3) is 0 Å². The van der Waals surface area contributed by atoms with E-state index in [4.69, 9.17) is 4.74 Å². The van der Waals surface area contributed by atoms with Gasteiger partial charge in [-0.05, 0) is 47.1 Å². The molecule has 2 aromatic rings. The van der Waals surface area contributed by atoms with Crippen LogP contribution in [0.15, 0.2) is 28.7 Å². The Labute approximate surface area is 127 Å². The summed E-state index contributed by atoms with van der Waals surface area (Å²) in [6, 6.07) is 5.23. The lowest BCUT2D eigenvalue weighted by Crippen LogP contribution is -2.16. The topological polar surface area (TPSA) is 36.3 Å². The van der Waals surface area contributed by atoms with Crippen molar-refractivity contribution in [3.8, 4) is 11.5 Å². The third kappa shape index (κ3) is 4.13. The van der Waals surface area contributed by atoms with Gasteiger partial charge in [-0.1, -0.05) is 0 Å². The van der Waals surface area contributed by atoms with Crippen LogP contribution in [0.1, 0.15) is 11.4 Å². The van der Waals surface area contributed by atoms with Gasteiger partial charge in [0.1, 0.15) is 18.1 Å². The van der Waals surface area contributed by atoms with Crippen molar-refractivity contribution < 1.29 is 22.6 Å². The number of aryl methyl sites for hydroxylation is 2. The molecule has 0 amide bonds. The molecule has 1 aromatic heterocycles. The highest BCUT2D eigenvalue weighted by Crippen LogP contribution is 2.26. The maximum atomic E-state index is 12.0. The van der Waals surface area contributed by atoms with Gasteiger partial charge in [-0.15, -0.1) is 13.2 Å². The zero-order valence-electron chi connectivity index (χ0n) is 11.2. The number of rotatable bonds is 4. The second-order valence-corrected chi connectivity index (χ2v) is 5.07. The fraction of sp³-hybridized carbons (Fsp3) is 0.308. The van der Waals surface area contributed by atoms with Crippen LogP contribution in [0.3, 0.4) is 0 Å². The average Bonchev–Trinajstić information content (AvgIpc) is 2.61. The molecular weight excluding hydrogens is 353 g/mol. The summed E-state index contributed by atoms with van der Waals surface area (Å²) < 4.78 is 47.9. The number of hydrogen-bond donors (Lipinski definition) is 0. The van der Waals surface area contributed by atoms with E-state index in [-0.39, 0.29) is 12.4 Å². The van der Waals surface area contributed by atoms with Crippen molar-refractivity contribution in [2.45, 2.75) is 19.9 Å². The Kier molecular flexibility index (Phi) is 4.46. The fourth-order valence-electron chi connectivity index (χ4n) is 1.73. The summed E-state index contributed by atoms with van der Waals surface area (Å²) in [5.74, 6) is 0.155. The van der Waals surface area contributed by atoms with Gasteiger partial charge in [0.15, 0.2) is 0 Å². The molecule has 8 heteroatoms. The van der Waals surface area contributed by atoms with Gasteiger partial charge in [-0.25, -0.2) is 0 Å². The van der Waals surface area contributed by atoms with E-state index in [9.17, 15) is 13.2 Å². The molecule has 0 spiro atoms. The Hall–Kier alpha value is -1.70. The molecule has 0 saturated heterocycles. The Morgan fingerprint density at radius 3 is 2.24 bits per heavy atom. The average molecular weight is 365 g/mol. The van der Waals surface area contributed by atoms with Crippen LogP contribution in [0, 0.1) is 6.92 Å². The predicted molar refractivity (Wildman–Crippen MR) is 73.1 cm³/mol. The lowest BCUT2D eigenvalue weighted by Gasteiger charge is -2.10. The smallest absolute Gasteiger partial charge is 0.487 e. The van der Waals surface area contributed by atoms with Crippen LogP contribution in [-0.2, 0) is 13.7 Å². The van der Waals surface area contributed by atoms with E-state index in [1.807, 2.05) is 6.92 Å². The predicted octanol–water partition coefficient (Wildman–Crippen LogP) is 3.97. The van der Waals surface area contributed by atoms with Gasteiger partial charge in [0.25, 0.3) is 0 Å². The quantitative estimate of drug-likeness (QED) is 0.823. The highest BCUT2D eigenvalue weighted by molar-refractivity contribution is 9.10. The minimum Gasteiger partial charge on any atom is -0.487 e. The van der Waals surface area contributed by atoms with E-state index in [1.165, 1.54) is 24.3 Å². The van der Waals surface area contributed by atoms with Crippen molar-refractivity contribution >= 4 is 15.9 Å². The van der Waals surface area contributed by atoms with Crippen molar-refractivity contribution in [2.24, 2.45) is 7.05 Å². The minimum absolute atomic E-state index is 0.247. The molecule has 0 aliphatic carbocycles. The van der Waals surface area contributed by atoms with Gasteiger partial charge in [0.05, 0.1) is 15.9 Å². The Morgan fingerprint density at radius 2 is 1.76 bits per heavy atom. The Balaban J connectivity index is 2.01. The maximum Gasteiger partial charge on any atom is 0.573 e. The van der Waals surface area contributed by atoms with Gasteiger partial charge >= 0.3 is 6.36 Å². The standard InChI is InChI=1S/C13H12BrF3N2O2/c1-8-12(14)11(19(2)18-8)7-20-9-3-5-10(6-4-9)21-13(15,16)17/h3-6H,7H2,1-2H3. The summed E-state index contributed by atoms with van der Waals surface area (Å²) >= 11 is 3.41. The summed E-state index contributed by atoms with van der Waals surface area (Å²) in [5.41, 5.74) is 1.67. The van der Waals surface area contributed by atoms with Crippen LogP contribution in [0.4, 0.5) is 13.2 Å². The highest BCUT2D eigenvalue weighted by Gasteiger charge is 2.30. The van der Waals surface area contributed by atoms with Crippen LogP contribution >= 0.6 is 15.9 Å². The molecule has 0 atom stereocenters. The molecular formula is C13H12BrF3N2O2. The van der Waals surface area contributed by atoms with Gasteiger partial charge in [0.2, 0.25) is 0 Å². The van der Waals surface area contributed by atoms with Gasteiger partial charge in [0, 0.05) is 7.05 Å². The van der Waals surface area contributed by atoms with E-state index in [0.29, 0.717) is 5.75 Å². The Bertz CT molecular complexity index is 624. The van der Waals surface area contributed by atoms with Crippen molar-refractivity contribution in [2.75, 3.05) is 0 Å². The number of aromatic nitrogens is 2. The molecule has 0 bridgehead atoms. The molecule has 4 nitrogen and oxygen atoms in total. The van der Waals surface area contributed by atoms with Crippen molar-refractivity contribution in [1.29, 1.82) is 0 Å². The summed E-state index contributed by atoms with van der Waals surface area (Å²) in [6.45, 7) is 2.11. The molecule has 1 aromatic carbocycles. The van der Waals surface area contributed by atoms with Gasteiger partial charge < -0.3 is 9.47 Å². The zero-order chi connectivity index (χ0) is 15.6. The molecule has 0 unspecified atom stereocenters. The summed E-state index contributed by atoms with van der Waals surface area (Å²) in [6.07, 6.45) is -4.69. The second-order valence-electron chi connectivity index (χ2n) is 4.28. The van der Waals surface area contributed by atoms with E-state index in [2.05, 4.69) is 25.8 Å². The van der Waals surface area contributed by atoms with Crippen molar-refractivity contribution in [3.05, 3.63) is 40.1 Å². The molecule has 2 rings (SSSR count). The normalized spacial score (nSPS) is 11.5. The van der Waals surface area contributed by atoms with E-state index in [1.54, 1.807) is 11.7 Å². The number of nitrogens with zero attached hydrogens (tertiary/aromatic N) is 2. The number of hydrogen-bond acceptors (Lipinski definition) is 3. The van der Waals surface area contributed by atoms with Crippen molar-refractivity contribution in [3.63, 3.8) is 0 Å². The molecule has 0 fully saturated rings. The summed E-state index contributed by atoms with van der Waals surface area (Å²) in [4.78, 5) is 0. The zero-order valence-corrected chi connectivity index (χ0v) is 12.8. The summed E-state index contributed by atoms with van der Waals surface area (Å²) in [7, 11) is 1.79. The first-order valence-corrected chi connectivity index (χ1v) is 6.72. The maximum absolute atomic E-state index is 12.0. The first kappa shape index (κ1) is 15.7. The van der Waals surface area contributed by atoms with E-state index >= 15 is 0 Å². The highest BCUT2D eigenvalue weighted by atomic mass is 79.9. The van der Waals surface area contributed by atoms with Crippen LogP contribution in [-0.4, -0.2) is 16.1 Å². The molecule has 1 heterocycles. The third-order valence-electron chi connectivity index (χ3n) is 2.69. The minimum atomic E-state index is -4.69. The fourth-order valence-corrected chi connectivity index (χ4v) is 2.18. The number of benzene rings is 1. The van der Waals surface area contributed by atoms with Gasteiger partial charge in [-0.3, -0.25) is 4.68 Å². The van der Waals surface area contributed by atoms with E-state index < -0.39 is 6.36 Å². The molecule has 0 radical (unpaired) electrons. The van der Waals surface area contributed by atoms with E-state index in [0.717, 1.165) is 15.9 Å². The molecule has 0 N–H and O–H groups in total.